The van der Waals surface area contributed by atoms with Crippen molar-refractivity contribution in [2.45, 2.75) is 27.7 Å². The van der Waals surface area contributed by atoms with E-state index >= 15 is 0 Å². The van der Waals surface area contributed by atoms with Crippen LogP contribution in [0.5, 0.6) is 34.5 Å². The lowest BCUT2D eigenvalue weighted by molar-refractivity contribution is 0.309. The lowest BCUT2D eigenvalue weighted by atomic mass is 10.0. The highest BCUT2D eigenvalue weighted by molar-refractivity contribution is 6.40. The van der Waals surface area contributed by atoms with Gasteiger partial charge in [-0.25, -0.2) is 19.9 Å². The third-order valence-electron chi connectivity index (χ3n) is 11.6. The summed E-state index contributed by atoms with van der Waals surface area (Å²) in [4.78, 5) is 19.0. The molecule has 0 amide bonds. The van der Waals surface area contributed by atoms with Crippen LogP contribution in [0.25, 0.3) is 65.9 Å². The fourth-order valence-corrected chi connectivity index (χ4v) is 10.7. The van der Waals surface area contributed by atoms with Crippen LogP contribution in [0, 0.1) is 27.7 Å². The quantitative estimate of drug-likeness (QED) is 0.0978. The predicted molar refractivity (Wildman–Crippen MR) is 279 cm³/mol. The van der Waals surface area contributed by atoms with E-state index in [9.17, 15) is 5.48 Å². The first kappa shape index (κ1) is 40.0. The second-order valence-electron chi connectivity index (χ2n) is 16.7. The molecule has 11 aromatic rings. The lowest BCUT2D eigenvalue weighted by Crippen LogP contribution is -2.37. The Balaban J connectivity index is 0.865. The third kappa shape index (κ3) is 9.81. The number of nitrogens with zero attached hydrogens (tertiary/aromatic N) is 4. The Morgan fingerprint density at radius 1 is 0.300 bits per heavy atom. The van der Waals surface area contributed by atoms with Gasteiger partial charge < -0.3 is 22.7 Å². The summed E-state index contributed by atoms with van der Waals surface area (Å²) in [5.41, 5.74) is 7.28. The minimum atomic E-state index is -3.13. The highest BCUT2D eigenvalue weighted by atomic mass is 27.3. The van der Waals surface area contributed by atoms with Crippen LogP contribution in [0.3, 0.4) is 0 Å². The minimum Gasteiger partial charge on any atom is -0.577 e. The standard InChI is InChI=1S/C18H14O2.4C10H9NO.2Al/c19-17-9-5-15(6-10-17)13-1-2-14(4-3-13)16-7-11-18(20)12-8-16;4*1-7-5-6-8-3-2-4-9(12)10(8)11-7;;/h1-12,19-20H;4*2-6,12H,1H3;;/q;;;;;2*+3/p-6/i1D,2D,3D,4D;;;;;;. The van der Waals surface area contributed by atoms with Gasteiger partial charge in [-0.2, -0.15) is 0 Å². The molecule has 0 aliphatic rings. The number of aryl methyl sites for hydroxylation is 4. The molecule has 0 bridgehead atoms. The summed E-state index contributed by atoms with van der Waals surface area (Å²) in [6, 6.07) is 51.4. The first-order valence-corrected chi connectivity index (χ1v) is 25.5. The van der Waals surface area contributed by atoms with Crippen LogP contribution in [0.4, 0.5) is 0 Å². The Morgan fingerprint density at radius 2 is 0.571 bits per heavy atom. The lowest BCUT2D eigenvalue weighted by Gasteiger charge is -2.18. The molecule has 0 saturated carbocycles. The molecule has 4 aromatic heterocycles. The Labute approximate surface area is 421 Å². The van der Waals surface area contributed by atoms with E-state index in [1.807, 2.05) is 149 Å². The zero-order chi connectivity index (χ0) is 51.0. The van der Waals surface area contributed by atoms with Crippen LogP contribution in [0.15, 0.2) is 194 Å². The minimum absolute atomic E-state index is 0.144. The molecule has 11 rings (SSSR count). The maximum absolute atomic E-state index is 9.20. The van der Waals surface area contributed by atoms with E-state index in [0.29, 0.717) is 67.7 Å². The number of aromatic nitrogens is 4. The summed E-state index contributed by atoms with van der Waals surface area (Å²) in [5, 5.41) is 3.62. The van der Waals surface area contributed by atoms with E-state index in [1.165, 1.54) is 0 Å². The van der Waals surface area contributed by atoms with Gasteiger partial charge in [0.1, 0.15) is 45.1 Å². The summed E-state index contributed by atoms with van der Waals surface area (Å²) < 4.78 is 76.2. The zero-order valence-electron chi connectivity index (χ0n) is 42.6. The Bertz CT molecular complexity index is 3490. The van der Waals surface area contributed by atoms with Gasteiger partial charge in [0.15, 0.2) is 0 Å². The van der Waals surface area contributed by atoms with Gasteiger partial charge in [0.05, 0.1) is 17.0 Å². The zero-order valence-corrected chi connectivity index (χ0v) is 40.9. The van der Waals surface area contributed by atoms with Crippen LogP contribution < -0.4 is 22.7 Å². The topological polar surface area (TPSA) is 107 Å². The fraction of sp³-hybridized carbons (Fsp3) is 0.0690. The van der Waals surface area contributed by atoms with Crippen molar-refractivity contribution in [3.63, 3.8) is 0 Å². The normalized spacial score (nSPS) is 11.9. The summed E-state index contributed by atoms with van der Waals surface area (Å²) >= 11 is -6.27. The van der Waals surface area contributed by atoms with Crippen LogP contribution in [-0.2, 0) is 0 Å². The number of rotatable bonds is 14. The molecule has 0 aliphatic carbocycles. The van der Waals surface area contributed by atoms with Crippen molar-refractivity contribution < 1.29 is 28.2 Å². The summed E-state index contributed by atoms with van der Waals surface area (Å²) in [6.07, 6.45) is 0. The van der Waals surface area contributed by atoms with Crippen LogP contribution in [0.2, 0.25) is 0 Å². The van der Waals surface area contributed by atoms with E-state index in [4.69, 9.17) is 42.7 Å². The molecule has 338 valence electrons. The van der Waals surface area contributed by atoms with Gasteiger partial charge in [-0.3, -0.25) is 0 Å². The predicted octanol–water partition coefficient (Wildman–Crippen LogP) is 13.5. The molecule has 0 atom stereocenters. The SMILES string of the molecule is [2H]c1c([2H])c(-c2ccc([O][Al]([O]c3cccc4ccc(C)nc34)[O]c3cccc4ccc(C)nc34)cc2)c([2H])c([2H])c1-c1ccc([O][Al]([O]c2cccc3ccc(C)nc23)[O]c2cccc3ccc(C)nc23)cc1. The highest BCUT2D eigenvalue weighted by Gasteiger charge is 2.46. The van der Waals surface area contributed by atoms with Gasteiger partial charge >= 0.3 is 30.3 Å². The summed E-state index contributed by atoms with van der Waals surface area (Å²) in [6.45, 7) is 7.69. The number of para-hydroxylation sites is 4. The van der Waals surface area contributed by atoms with Gasteiger partial charge in [0.25, 0.3) is 0 Å². The van der Waals surface area contributed by atoms with Crippen molar-refractivity contribution in [2.75, 3.05) is 0 Å². The van der Waals surface area contributed by atoms with Crippen molar-refractivity contribution in [2.24, 2.45) is 0 Å². The Hall–Kier alpha value is -7.96. The maximum Gasteiger partial charge on any atom is 1.20 e. The molecule has 0 N–H and O–H groups in total. The molecule has 7 aromatic carbocycles. The molecule has 0 unspecified atom stereocenters. The maximum atomic E-state index is 9.20. The average Bonchev–Trinajstić information content (AvgIpc) is 3.40. The molecule has 4 heterocycles. The second-order valence-corrected chi connectivity index (χ2v) is 19.3. The molecular formula is C58H44Al2N4O6. The first-order valence-electron chi connectivity index (χ1n) is 24.7. The molecular weight excluding hydrogens is 903 g/mol. The van der Waals surface area contributed by atoms with Gasteiger partial charge in [0, 0.05) is 44.3 Å². The number of fused-ring (bicyclic) bond motifs is 4. The number of hydrogen-bond acceptors (Lipinski definition) is 10. The van der Waals surface area contributed by atoms with Gasteiger partial charge in [-0.15, -0.1) is 0 Å². The monoisotopic (exact) mass is 950 g/mol. The third-order valence-corrected chi connectivity index (χ3v) is 14.3. The highest BCUT2D eigenvalue weighted by Crippen LogP contribution is 2.33. The first-order chi connectivity index (χ1) is 35.9. The number of pyridine rings is 4. The van der Waals surface area contributed by atoms with Crippen molar-refractivity contribution >= 4 is 73.9 Å². The molecule has 12 heteroatoms. The Kier molecular flexibility index (Phi) is 11.2. The van der Waals surface area contributed by atoms with E-state index in [0.717, 1.165) is 44.3 Å². The van der Waals surface area contributed by atoms with Gasteiger partial charge in [0.2, 0.25) is 0 Å². The number of hydrogen-bond donors (Lipinski definition) is 0. The molecule has 0 saturated heterocycles. The van der Waals surface area contributed by atoms with Crippen molar-refractivity contribution in [1.29, 1.82) is 0 Å². The van der Waals surface area contributed by atoms with Crippen LogP contribution >= 0.6 is 0 Å². The van der Waals surface area contributed by atoms with E-state index < -0.39 is 30.3 Å². The van der Waals surface area contributed by atoms with Gasteiger partial charge in [-0.05, 0) is 123 Å². The molecule has 0 aliphatic heterocycles. The van der Waals surface area contributed by atoms with Crippen LogP contribution in [0.1, 0.15) is 28.3 Å². The second kappa shape index (κ2) is 19.6. The van der Waals surface area contributed by atoms with Crippen molar-refractivity contribution in [1.82, 2.24) is 19.9 Å². The molecule has 70 heavy (non-hydrogen) atoms. The van der Waals surface area contributed by atoms with Crippen molar-refractivity contribution in [3.05, 3.63) is 217 Å². The van der Waals surface area contributed by atoms with Crippen molar-refractivity contribution in [3.8, 4) is 56.8 Å². The fourth-order valence-electron chi connectivity index (χ4n) is 8.03. The average molecular weight is 951 g/mol. The molecule has 0 spiro atoms. The summed E-state index contributed by atoms with van der Waals surface area (Å²) in [7, 11) is 0. The smallest absolute Gasteiger partial charge is 0.577 e. The molecule has 0 radical (unpaired) electrons. The Morgan fingerprint density at radius 3 is 0.843 bits per heavy atom. The van der Waals surface area contributed by atoms with E-state index in [2.05, 4.69) is 0 Å². The number of benzene rings is 7. The van der Waals surface area contributed by atoms with E-state index in [-0.39, 0.29) is 35.3 Å². The van der Waals surface area contributed by atoms with Gasteiger partial charge in [-0.1, -0.05) is 121 Å². The van der Waals surface area contributed by atoms with Crippen LogP contribution in [-0.4, -0.2) is 50.2 Å². The summed E-state index contributed by atoms with van der Waals surface area (Å²) in [5.74, 6) is 2.89. The molecule has 10 nitrogen and oxygen atoms in total. The molecule has 0 fully saturated rings. The largest absolute Gasteiger partial charge is 1.20 e. The van der Waals surface area contributed by atoms with E-state index in [1.54, 1.807) is 48.5 Å².